The first-order valence-corrected chi connectivity index (χ1v) is 4.32. The second kappa shape index (κ2) is 4.84. The smallest absolute Gasteiger partial charge is 0.115 e. The van der Waals surface area contributed by atoms with E-state index in [9.17, 15) is 5.11 Å². The first-order chi connectivity index (χ1) is 6.24. The number of phenols is 1. The van der Waals surface area contributed by atoms with Crippen LogP contribution in [-0.4, -0.2) is 21.9 Å². The van der Waals surface area contributed by atoms with E-state index in [4.69, 9.17) is 10.2 Å². The van der Waals surface area contributed by atoms with Gasteiger partial charge in [0.05, 0.1) is 6.10 Å². The second-order valence-electron chi connectivity index (χ2n) is 2.97. The summed E-state index contributed by atoms with van der Waals surface area (Å²) in [6, 6.07) is 6.43. The van der Waals surface area contributed by atoms with Crippen LogP contribution in [0.2, 0.25) is 0 Å². The molecule has 0 fully saturated rings. The standard InChI is InChI=1S/C10H14O3/c11-7-1-2-10(13)8-3-5-9(12)6-4-8/h3-6,10-13H,1-2,7H2/t10-/m1/s1. The van der Waals surface area contributed by atoms with Gasteiger partial charge in [-0.3, -0.25) is 0 Å². The molecular formula is C10H14O3. The highest BCUT2D eigenvalue weighted by molar-refractivity contribution is 5.27. The SMILES string of the molecule is OCCC[C@@H](O)c1ccc(O)cc1. The van der Waals surface area contributed by atoms with Crippen LogP contribution in [0.25, 0.3) is 0 Å². The summed E-state index contributed by atoms with van der Waals surface area (Å²) < 4.78 is 0. The van der Waals surface area contributed by atoms with Crippen LogP contribution in [0.5, 0.6) is 5.75 Å². The van der Waals surface area contributed by atoms with E-state index in [2.05, 4.69) is 0 Å². The van der Waals surface area contributed by atoms with E-state index in [0.717, 1.165) is 5.56 Å². The topological polar surface area (TPSA) is 60.7 Å². The van der Waals surface area contributed by atoms with Crippen molar-refractivity contribution in [3.63, 3.8) is 0 Å². The number of aromatic hydroxyl groups is 1. The van der Waals surface area contributed by atoms with Crippen LogP contribution >= 0.6 is 0 Å². The zero-order valence-corrected chi connectivity index (χ0v) is 7.35. The van der Waals surface area contributed by atoms with Crippen molar-refractivity contribution in [2.24, 2.45) is 0 Å². The molecule has 0 saturated heterocycles. The van der Waals surface area contributed by atoms with E-state index < -0.39 is 6.10 Å². The van der Waals surface area contributed by atoms with Crippen molar-refractivity contribution in [1.82, 2.24) is 0 Å². The third-order valence-corrected chi connectivity index (χ3v) is 1.91. The van der Waals surface area contributed by atoms with E-state index in [1.54, 1.807) is 12.1 Å². The van der Waals surface area contributed by atoms with Gasteiger partial charge in [-0.25, -0.2) is 0 Å². The highest BCUT2D eigenvalue weighted by Crippen LogP contribution is 2.20. The van der Waals surface area contributed by atoms with Crippen molar-refractivity contribution < 1.29 is 15.3 Å². The van der Waals surface area contributed by atoms with E-state index in [1.807, 2.05) is 0 Å². The lowest BCUT2D eigenvalue weighted by molar-refractivity contribution is 0.152. The van der Waals surface area contributed by atoms with Gasteiger partial charge in [0.15, 0.2) is 0 Å². The molecule has 1 atom stereocenters. The predicted octanol–water partition coefficient (Wildman–Crippen LogP) is 1.20. The summed E-state index contributed by atoms with van der Waals surface area (Å²) in [7, 11) is 0. The van der Waals surface area contributed by atoms with Gasteiger partial charge >= 0.3 is 0 Å². The predicted molar refractivity (Wildman–Crippen MR) is 49.4 cm³/mol. The molecule has 3 heteroatoms. The summed E-state index contributed by atoms with van der Waals surface area (Å²) in [5.74, 6) is 0.193. The lowest BCUT2D eigenvalue weighted by Gasteiger charge is -2.09. The van der Waals surface area contributed by atoms with Crippen LogP contribution in [0, 0.1) is 0 Å². The Morgan fingerprint density at radius 3 is 2.31 bits per heavy atom. The Hall–Kier alpha value is -1.06. The summed E-state index contributed by atoms with van der Waals surface area (Å²) in [6.45, 7) is 0.0924. The first-order valence-electron chi connectivity index (χ1n) is 4.32. The minimum Gasteiger partial charge on any atom is -0.508 e. The fourth-order valence-corrected chi connectivity index (χ4v) is 1.15. The minimum absolute atomic E-state index is 0.0924. The summed E-state index contributed by atoms with van der Waals surface area (Å²) in [5.41, 5.74) is 0.770. The van der Waals surface area contributed by atoms with E-state index in [0.29, 0.717) is 12.8 Å². The molecule has 1 aromatic rings. The molecule has 0 spiro atoms. The van der Waals surface area contributed by atoms with Crippen molar-refractivity contribution in [3.05, 3.63) is 29.8 Å². The molecule has 72 valence electrons. The Kier molecular flexibility index (Phi) is 3.73. The third kappa shape index (κ3) is 3.05. The van der Waals surface area contributed by atoms with Crippen molar-refractivity contribution in [3.8, 4) is 5.75 Å². The largest absolute Gasteiger partial charge is 0.508 e. The third-order valence-electron chi connectivity index (χ3n) is 1.91. The lowest BCUT2D eigenvalue weighted by atomic mass is 10.1. The molecular weight excluding hydrogens is 168 g/mol. The Labute approximate surface area is 77.3 Å². The zero-order valence-electron chi connectivity index (χ0n) is 7.35. The van der Waals surface area contributed by atoms with Crippen molar-refractivity contribution in [2.45, 2.75) is 18.9 Å². The molecule has 0 amide bonds. The highest BCUT2D eigenvalue weighted by atomic mass is 16.3. The van der Waals surface area contributed by atoms with Crippen molar-refractivity contribution in [1.29, 1.82) is 0 Å². The number of benzene rings is 1. The molecule has 0 saturated carbocycles. The fourth-order valence-electron chi connectivity index (χ4n) is 1.15. The minimum atomic E-state index is -0.548. The van der Waals surface area contributed by atoms with Gasteiger partial charge in [-0.1, -0.05) is 12.1 Å². The molecule has 0 heterocycles. The van der Waals surface area contributed by atoms with E-state index in [1.165, 1.54) is 12.1 Å². The molecule has 0 aromatic heterocycles. The van der Waals surface area contributed by atoms with E-state index >= 15 is 0 Å². The van der Waals surface area contributed by atoms with Crippen LogP contribution in [0.1, 0.15) is 24.5 Å². The summed E-state index contributed by atoms with van der Waals surface area (Å²) in [4.78, 5) is 0. The van der Waals surface area contributed by atoms with Crippen molar-refractivity contribution >= 4 is 0 Å². The van der Waals surface area contributed by atoms with Crippen LogP contribution in [0.4, 0.5) is 0 Å². The molecule has 0 unspecified atom stereocenters. The average molecular weight is 182 g/mol. The van der Waals surface area contributed by atoms with Gasteiger partial charge in [-0.2, -0.15) is 0 Å². The maximum atomic E-state index is 9.55. The normalized spacial score (nSPS) is 12.8. The van der Waals surface area contributed by atoms with Gasteiger partial charge in [0.25, 0.3) is 0 Å². The molecule has 3 nitrogen and oxygen atoms in total. The molecule has 0 radical (unpaired) electrons. The second-order valence-corrected chi connectivity index (χ2v) is 2.97. The molecule has 0 aliphatic carbocycles. The van der Waals surface area contributed by atoms with Gasteiger partial charge in [0, 0.05) is 6.61 Å². The van der Waals surface area contributed by atoms with Gasteiger partial charge in [-0.05, 0) is 30.5 Å². The van der Waals surface area contributed by atoms with Crippen LogP contribution in [-0.2, 0) is 0 Å². The lowest BCUT2D eigenvalue weighted by Crippen LogP contribution is -1.98. The summed E-state index contributed by atoms with van der Waals surface area (Å²) in [5, 5.41) is 27.1. The molecule has 1 rings (SSSR count). The van der Waals surface area contributed by atoms with Gasteiger partial charge < -0.3 is 15.3 Å². The number of rotatable bonds is 4. The Morgan fingerprint density at radius 2 is 1.77 bits per heavy atom. The molecule has 0 aliphatic rings. The molecule has 0 bridgehead atoms. The number of hydrogen-bond acceptors (Lipinski definition) is 3. The van der Waals surface area contributed by atoms with E-state index in [-0.39, 0.29) is 12.4 Å². The first kappa shape index (κ1) is 10.0. The number of phenolic OH excluding ortho intramolecular Hbond substituents is 1. The van der Waals surface area contributed by atoms with Crippen LogP contribution < -0.4 is 0 Å². The fraction of sp³-hybridized carbons (Fsp3) is 0.400. The number of aliphatic hydroxyl groups is 2. The maximum Gasteiger partial charge on any atom is 0.115 e. The molecule has 0 aliphatic heterocycles. The molecule has 3 N–H and O–H groups in total. The number of hydrogen-bond donors (Lipinski definition) is 3. The maximum absolute atomic E-state index is 9.55. The molecule has 13 heavy (non-hydrogen) atoms. The summed E-state index contributed by atoms with van der Waals surface area (Å²) in [6.07, 6.45) is 0.580. The Bertz CT molecular complexity index is 243. The Balaban J connectivity index is 2.55. The monoisotopic (exact) mass is 182 g/mol. The van der Waals surface area contributed by atoms with Crippen molar-refractivity contribution in [2.75, 3.05) is 6.61 Å². The quantitative estimate of drug-likeness (QED) is 0.655. The van der Waals surface area contributed by atoms with Gasteiger partial charge in [0.1, 0.15) is 5.75 Å². The van der Waals surface area contributed by atoms with Gasteiger partial charge in [-0.15, -0.1) is 0 Å². The highest BCUT2D eigenvalue weighted by Gasteiger charge is 2.05. The summed E-state index contributed by atoms with van der Waals surface area (Å²) >= 11 is 0. The molecule has 1 aromatic carbocycles. The number of aliphatic hydroxyl groups excluding tert-OH is 2. The average Bonchev–Trinajstić information content (AvgIpc) is 2.15. The Morgan fingerprint density at radius 1 is 1.15 bits per heavy atom. The van der Waals surface area contributed by atoms with Crippen LogP contribution in [0.3, 0.4) is 0 Å². The van der Waals surface area contributed by atoms with Gasteiger partial charge in [0.2, 0.25) is 0 Å². The van der Waals surface area contributed by atoms with Crippen LogP contribution in [0.15, 0.2) is 24.3 Å². The zero-order chi connectivity index (χ0) is 9.68.